The molecular weight excluding hydrogens is 1100 g/mol. The van der Waals surface area contributed by atoms with Gasteiger partial charge in [0.1, 0.15) is 30.7 Å². The molecule has 3 saturated heterocycles. The van der Waals surface area contributed by atoms with Crippen molar-refractivity contribution in [2.75, 3.05) is 119 Å². The average molecular weight is 1190 g/mol. The second-order valence-corrected chi connectivity index (χ2v) is 29.7. The molecule has 10 rings (SSSR count). The van der Waals surface area contributed by atoms with Gasteiger partial charge in [-0.3, -0.25) is 4.90 Å². The van der Waals surface area contributed by atoms with Crippen LogP contribution in [0.2, 0.25) is 30.7 Å². The maximum Gasteiger partial charge on any atom is 0.410 e. The van der Waals surface area contributed by atoms with E-state index < -0.39 is 8.07 Å². The number of ether oxygens (including phenoxy) is 5. The first-order valence-electron chi connectivity index (χ1n) is 30.4. The summed E-state index contributed by atoms with van der Waals surface area (Å²) < 4.78 is 32.0. The monoisotopic (exact) mass is 1190 g/mol. The summed E-state index contributed by atoms with van der Waals surface area (Å²) in [7, 11) is -1.40. The van der Waals surface area contributed by atoms with Crippen molar-refractivity contribution in [2.24, 2.45) is 0 Å². The molecule has 2 N–H and O–H groups in total. The summed E-state index contributed by atoms with van der Waals surface area (Å²) in [5.41, 5.74) is 5.99. The van der Waals surface area contributed by atoms with Crippen LogP contribution in [-0.2, 0) is 40.1 Å². The van der Waals surface area contributed by atoms with E-state index in [1.165, 1.54) is 6.42 Å². The zero-order chi connectivity index (χ0) is 58.4. The van der Waals surface area contributed by atoms with Crippen molar-refractivity contribution in [1.29, 1.82) is 5.26 Å². The Morgan fingerprint density at radius 3 is 2.51 bits per heavy atom. The zero-order valence-electron chi connectivity index (χ0n) is 49.5. The van der Waals surface area contributed by atoms with Crippen LogP contribution >= 0.6 is 11.6 Å². The van der Waals surface area contributed by atoms with Gasteiger partial charge in [-0.05, 0) is 93.5 Å². The van der Waals surface area contributed by atoms with Crippen LogP contribution in [0.1, 0.15) is 80.7 Å². The molecule has 8 heterocycles. The topological polar surface area (TPSA) is 204 Å². The van der Waals surface area contributed by atoms with E-state index in [2.05, 4.69) is 98.0 Å². The molecule has 4 aliphatic rings. The fraction of sp³-hybridized carbons (Fsp3) is 0.565. The van der Waals surface area contributed by atoms with Gasteiger partial charge in [0.15, 0.2) is 5.65 Å². The number of nitrogens with one attached hydrogen (secondary N) is 1. The van der Waals surface area contributed by atoms with Gasteiger partial charge in [-0.25, -0.2) is 14.8 Å². The summed E-state index contributed by atoms with van der Waals surface area (Å²) in [6.07, 6.45) is 12.1. The van der Waals surface area contributed by atoms with Crippen LogP contribution in [0.15, 0.2) is 67.0 Å². The summed E-state index contributed by atoms with van der Waals surface area (Å²) >= 11 is 6.85. The Hall–Kier alpha value is -6.54. The number of carbonyl (C=O) groups is 1. The highest BCUT2D eigenvalue weighted by atomic mass is 35.5. The molecule has 0 bridgehead atoms. The third-order valence-electron chi connectivity index (χ3n) is 16.7. The van der Waals surface area contributed by atoms with E-state index in [1.54, 1.807) is 4.90 Å². The van der Waals surface area contributed by atoms with Crippen LogP contribution in [0, 0.1) is 11.3 Å². The number of aryl methyl sites for hydroxylation is 1. The van der Waals surface area contributed by atoms with Crippen molar-refractivity contribution in [1.82, 2.24) is 39.3 Å². The van der Waals surface area contributed by atoms with Gasteiger partial charge in [-0.15, -0.1) is 0 Å². The quantitative estimate of drug-likeness (QED) is 0.0364. The van der Waals surface area contributed by atoms with Gasteiger partial charge in [-0.1, -0.05) is 68.5 Å². The van der Waals surface area contributed by atoms with E-state index in [0.717, 1.165) is 139 Å². The smallest absolute Gasteiger partial charge is 0.410 e. The number of hydrogen-bond acceptors (Lipinski definition) is 18. The number of fused-ring (bicyclic) bond motifs is 3. The number of hydrogen-bond donors (Lipinski definition) is 2. The Balaban J connectivity index is 0.674. The number of aromatic nitrogens is 6. The largest absolute Gasteiger partial charge is 0.475 e. The number of piperidine rings is 1. The van der Waals surface area contributed by atoms with Gasteiger partial charge < -0.3 is 53.7 Å². The predicted octanol–water partition coefficient (Wildman–Crippen LogP) is 9.42. The van der Waals surface area contributed by atoms with Crippen LogP contribution < -0.4 is 29.5 Å². The highest BCUT2D eigenvalue weighted by Gasteiger charge is 2.36. The number of aliphatic hydroxyl groups is 1. The molecule has 0 spiro atoms. The Morgan fingerprint density at radius 1 is 0.869 bits per heavy atom. The van der Waals surface area contributed by atoms with Crippen LogP contribution in [0.3, 0.4) is 0 Å². The molecule has 2 aromatic carbocycles. The Labute approximate surface area is 500 Å². The van der Waals surface area contributed by atoms with E-state index in [1.807, 2.05) is 41.2 Å². The molecule has 450 valence electrons. The van der Waals surface area contributed by atoms with E-state index in [0.29, 0.717) is 102 Å². The van der Waals surface area contributed by atoms with Crippen molar-refractivity contribution in [3.8, 4) is 18.0 Å². The van der Waals surface area contributed by atoms with Gasteiger partial charge in [0, 0.05) is 120 Å². The first kappa shape index (κ1) is 60.6. The molecular formula is C62H84ClN13O7Si. The average Bonchev–Trinajstić information content (AvgIpc) is 4.33. The minimum Gasteiger partial charge on any atom is -0.475 e. The molecule has 4 aliphatic heterocycles. The van der Waals surface area contributed by atoms with Crippen LogP contribution in [0.25, 0.3) is 16.4 Å². The lowest BCUT2D eigenvalue weighted by molar-refractivity contribution is 0.0323. The molecule has 4 aromatic heterocycles. The summed E-state index contributed by atoms with van der Waals surface area (Å²) in [6, 6.07) is 22.0. The highest BCUT2D eigenvalue weighted by Crippen LogP contribution is 2.38. The number of halogens is 1. The fourth-order valence-corrected chi connectivity index (χ4v) is 13.1. The Morgan fingerprint density at radius 2 is 1.70 bits per heavy atom. The normalized spacial score (nSPS) is 18.6. The van der Waals surface area contributed by atoms with Crippen LogP contribution in [-0.4, -0.2) is 175 Å². The standard InChI is InChI=1S/C62H84ClN13O7Si/c1-5-46-41-67-76-55(38-56(69-59(46)76)74-26-7-6-14-48(74)22-30-77)65-39-45-18-19-57(66-40-45)81-35-34-80-33-32-79-31-11-25-71-24-10-15-50(71)44-83-61-68-53-43-72(54-17-9-13-47-12-8-16-52(63)58(47)54)27-21-51(53)60(70-61)73-28-29-75(49(42-73)20-23-64)62(78)82-36-37-84(2,3)4/h8-9,12-13,16-19,38,40-41,48-50,65,77H,5-7,10-11,14-15,20-22,24-37,39,42-44H2,1-4H3/t48-,49-,50-/m0/s1. The molecule has 0 saturated carbocycles. The molecule has 22 heteroatoms. The molecule has 20 nitrogen and oxygen atoms in total. The fourth-order valence-electron chi connectivity index (χ4n) is 12.1. The van der Waals surface area contributed by atoms with Gasteiger partial charge in [0.05, 0.1) is 68.4 Å². The number of amides is 1. The Bertz CT molecular complexity index is 3170. The number of pyridine rings is 1. The van der Waals surface area contributed by atoms with Crippen molar-refractivity contribution in [3.63, 3.8) is 0 Å². The number of benzene rings is 2. The maximum absolute atomic E-state index is 13.4. The van der Waals surface area contributed by atoms with Gasteiger partial charge in [0.25, 0.3) is 0 Å². The number of anilines is 4. The first-order valence-corrected chi connectivity index (χ1v) is 34.5. The zero-order valence-corrected chi connectivity index (χ0v) is 51.3. The molecule has 6 aromatic rings. The number of piperazine rings is 1. The Kier molecular flexibility index (Phi) is 20.9. The summed E-state index contributed by atoms with van der Waals surface area (Å²) in [4.78, 5) is 44.5. The number of rotatable bonds is 27. The molecule has 0 aliphatic carbocycles. The summed E-state index contributed by atoms with van der Waals surface area (Å²) in [5.74, 6) is 3.13. The van der Waals surface area contributed by atoms with E-state index in [-0.39, 0.29) is 37.2 Å². The highest BCUT2D eigenvalue weighted by molar-refractivity contribution is 6.76. The molecule has 84 heavy (non-hydrogen) atoms. The van der Waals surface area contributed by atoms with Crippen molar-refractivity contribution >= 4 is 65.3 Å². The maximum atomic E-state index is 13.4. The summed E-state index contributed by atoms with van der Waals surface area (Å²) in [6.45, 7) is 18.4. The number of nitriles is 1. The van der Waals surface area contributed by atoms with Gasteiger partial charge >= 0.3 is 12.1 Å². The molecule has 3 atom stereocenters. The third kappa shape index (κ3) is 15.3. The summed E-state index contributed by atoms with van der Waals surface area (Å²) in [5, 5.41) is 30.8. The number of nitrogens with zero attached hydrogens (tertiary/aromatic N) is 12. The lowest BCUT2D eigenvalue weighted by Gasteiger charge is -2.42. The van der Waals surface area contributed by atoms with Crippen molar-refractivity contribution < 1.29 is 33.6 Å². The van der Waals surface area contributed by atoms with E-state index in [4.69, 9.17) is 50.2 Å². The molecule has 1 amide bonds. The number of likely N-dealkylation sites (tertiary alicyclic amines) is 1. The second kappa shape index (κ2) is 29.0. The molecule has 0 unspecified atom stereocenters. The van der Waals surface area contributed by atoms with Crippen molar-refractivity contribution in [3.05, 3.63) is 94.4 Å². The van der Waals surface area contributed by atoms with Crippen molar-refractivity contribution in [2.45, 2.75) is 128 Å². The van der Waals surface area contributed by atoms with Crippen LogP contribution in [0.4, 0.5) is 27.9 Å². The van der Waals surface area contributed by atoms with Gasteiger partial charge in [0.2, 0.25) is 5.88 Å². The molecule has 0 radical (unpaired) electrons. The molecule has 3 fully saturated rings. The number of carbonyl (C=O) groups excluding carboxylic acids is 1. The lowest BCUT2D eigenvalue weighted by Crippen LogP contribution is -2.56. The third-order valence-corrected chi connectivity index (χ3v) is 18.7. The van der Waals surface area contributed by atoms with Crippen LogP contribution in [0.5, 0.6) is 11.9 Å². The minimum absolute atomic E-state index is 0.166. The first-order chi connectivity index (χ1) is 41.0. The van der Waals surface area contributed by atoms with Gasteiger partial charge in [-0.2, -0.15) is 24.8 Å². The second-order valence-electron chi connectivity index (χ2n) is 23.7. The van der Waals surface area contributed by atoms with E-state index >= 15 is 0 Å². The lowest BCUT2D eigenvalue weighted by atomic mass is 9.99. The minimum atomic E-state index is -1.40. The predicted molar refractivity (Wildman–Crippen MR) is 331 cm³/mol. The van der Waals surface area contributed by atoms with E-state index in [9.17, 15) is 15.2 Å². The number of aliphatic hydroxyl groups excluding tert-OH is 1. The SMILES string of the molecule is CCc1cnn2c(NCc3ccc(OCCOCCOCCCN4CCC[C@H]4COc4nc5c(c(N6CCN(C(=O)OCC[Si](C)(C)C)[C@@H](CC#N)C6)n4)CCN(c4cccc6cccc(Cl)c46)C5)nc3)cc(N3CCCC[C@H]3CCO)nc12.